The van der Waals surface area contributed by atoms with Gasteiger partial charge in [0.1, 0.15) is 11.5 Å². The van der Waals surface area contributed by atoms with Crippen LogP contribution in [0, 0.1) is 13.8 Å². The molecular weight excluding hydrogens is 406 g/mol. The maximum Gasteiger partial charge on any atom is 0.409 e. The van der Waals surface area contributed by atoms with E-state index < -0.39 is 10.8 Å². The van der Waals surface area contributed by atoms with Gasteiger partial charge in [-0.15, -0.1) is 0 Å². The summed E-state index contributed by atoms with van der Waals surface area (Å²) in [6.07, 6.45) is -0.362. The fourth-order valence-electron chi connectivity index (χ4n) is 3.17. The second-order valence-electron chi connectivity index (χ2n) is 7.18. The second kappa shape index (κ2) is 9.88. The summed E-state index contributed by atoms with van der Waals surface area (Å²) in [4.78, 5) is 31.9. The number of nitrogens with zero attached hydrogens (tertiary/aromatic N) is 3. The number of carbonyl (C=O) groups excluding carboxylic acids is 2. The molecule has 2 heterocycles. The summed E-state index contributed by atoms with van der Waals surface area (Å²) in [5, 5.41) is 0. The summed E-state index contributed by atoms with van der Waals surface area (Å²) in [7, 11) is -1.40. The maximum absolute atomic E-state index is 12.6. The zero-order valence-electron chi connectivity index (χ0n) is 17.6. The van der Waals surface area contributed by atoms with E-state index in [0.717, 1.165) is 11.1 Å². The molecule has 1 atom stereocenters. The molecule has 30 heavy (non-hydrogen) atoms. The highest BCUT2D eigenvalue weighted by atomic mass is 32.2. The van der Waals surface area contributed by atoms with E-state index in [9.17, 15) is 13.8 Å². The normalized spacial score (nSPS) is 15.2. The Hall–Kier alpha value is -2.68. The topological polar surface area (TPSA) is 93.0 Å². The molecule has 0 saturated carbocycles. The minimum Gasteiger partial charge on any atom is -0.450 e. The first-order valence-corrected chi connectivity index (χ1v) is 11.4. The Morgan fingerprint density at radius 2 is 1.73 bits per heavy atom. The smallest absolute Gasteiger partial charge is 0.409 e. The van der Waals surface area contributed by atoms with Crippen molar-refractivity contribution in [1.82, 2.24) is 14.8 Å². The molecule has 8 nitrogen and oxygen atoms in total. The number of benzene rings is 1. The first kappa shape index (κ1) is 22.0. The van der Waals surface area contributed by atoms with E-state index in [-0.39, 0.29) is 23.5 Å². The largest absolute Gasteiger partial charge is 0.450 e. The number of rotatable bonds is 6. The van der Waals surface area contributed by atoms with Crippen LogP contribution in [-0.2, 0) is 26.1 Å². The van der Waals surface area contributed by atoms with Crippen LogP contribution < -0.4 is 0 Å². The lowest BCUT2D eigenvalue weighted by atomic mass is 10.1. The monoisotopic (exact) mass is 433 g/mol. The third-order valence-corrected chi connectivity index (χ3v) is 6.10. The van der Waals surface area contributed by atoms with Crippen LogP contribution in [0.4, 0.5) is 4.79 Å². The summed E-state index contributed by atoms with van der Waals surface area (Å²) < 4.78 is 23.3. The molecule has 1 aromatic heterocycles. The van der Waals surface area contributed by atoms with E-state index >= 15 is 0 Å². The molecule has 1 fully saturated rings. The Bertz CT molecular complexity index is 917. The Morgan fingerprint density at radius 3 is 2.37 bits per heavy atom. The van der Waals surface area contributed by atoms with Crippen molar-refractivity contribution in [2.45, 2.75) is 26.5 Å². The SMILES string of the molecule is CCOC(=O)N1CCN(C(=O)C[S@@](=O)Cc2nc(-c3ccc(C)cc3)oc2C)CC1. The zero-order valence-corrected chi connectivity index (χ0v) is 18.4. The Balaban J connectivity index is 1.53. The van der Waals surface area contributed by atoms with Crippen LogP contribution >= 0.6 is 0 Å². The molecular formula is C21H27N3O5S. The number of aryl methyl sites for hydroxylation is 2. The van der Waals surface area contributed by atoms with Gasteiger partial charge < -0.3 is 19.0 Å². The number of carbonyl (C=O) groups is 2. The lowest BCUT2D eigenvalue weighted by Crippen LogP contribution is -2.51. The molecule has 0 unspecified atom stereocenters. The van der Waals surface area contributed by atoms with Gasteiger partial charge in [0.15, 0.2) is 0 Å². The number of aromatic nitrogens is 1. The molecule has 0 radical (unpaired) electrons. The van der Waals surface area contributed by atoms with Crippen LogP contribution in [0.25, 0.3) is 11.5 Å². The van der Waals surface area contributed by atoms with Crippen molar-refractivity contribution >= 4 is 22.8 Å². The van der Waals surface area contributed by atoms with Gasteiger partial charge in [-0.3, -0.25) is 9.00 Å². The van der Waals surface area contributed by atoms with Crippen LogP contribution in [0.2, 0.25) is 0 Å². The molecule has 9 heteroatoms. The second-order valence-corrected chi connectivity index (χ2v) is 8.64. The first-order chi connectivity index (χ1) is 14.4. The fourth-order valence-corrected chi connectivity index (χ4v) is 4.30. The van der Waals surface area contributed by atoms with Gasteiger partial charge in [0.25, 0.3) is 0 Å². The molecule has 1 aliphatic heterocycles. The molecule has 1 saturated heterocycles. The van der Waals surface area contributed by atoms with Gasteiger partial charge in [-0.2, -0.15) is 0 Å². The molecule has 0 bridgehead atoms. The van der Waals surface area contributed by atoms with Crippen molar-refractivity contribution in [3.8, 4) is 11.5 Å². The van der Waals surface area contributed by atoms with Crippen molar-refractivity contribution in [2.24, 2.45) is 0 Å². The lowest BCUT2D eigenvalue weighted by Gasteiger charge is -2.34. The highest BCUT2D eigenvalue weighted by Crippen LogP contribution is 2.23. The first-order valence-electron chi connectivity index (χ1n) is 9.95. The summed E-state index contributed by atoms with van der Waals surface area (Å²) >= 11 is 0. The third kappa shape index (κ3) is 5.47. The minimum atomic E-state index is -1.40. The average molecular weight is 434 g/mol. The van der Waals surface area contributed by atoms with Gasteiger partial charge in [-0.05, 0) is 32.9 Å². The molecule has 0 spiro atoms. The molecule has 2 amide bonds. The molecule has 2 aromatic rings. The van der Waals surface area contributed by atoms with Crippen molar-refractivity contribution in [2.75, 3.05) is 38.5 Å². The van der Waals surface area contributed by atoms with Gasteiger partial charge in [0.05, 0.1) is 18.1 Å². The van der Waals surface area contributed by atoms with E-state index in [2.05, 4.69) is 4.98 Å². The zero-order chi connectivity index (χ0) is 21.7. The average Bonchev–Trinajstić information content (AvgIpc) is 3.08. The summed E-state index contributed by atoms with van der Waals surface area (Å²) in [5.74, 6) is 0.994. The quantitative estimate of drug-likeness (QED) is 0.695. The summed E-state index contributed by atoms with van der Waals surface area (Å²) in [6, 6.07) is 7.82. The number of oxazole rings is 1. The molecule has 1 aromatic carbocycles. The van der Waals surface area contributed by atoms with E-state index in [1.165, 1.54) is 0 Å². The van der Waals surface area contributed by atoms with E-state index in [4.69, 9.17) is 9.15 Å². The fraction of sp³-hybridized carbons (Fsp3) is 0.476. The predicted octanol–water partition coefficient (Wildman–Crippen LogP) is 2.51. The minimum absolute atomic E-state index is 0.0778. The van der Waals surface area contributed by atoms with Gasteiger partial charge in [-0.25, -0.2) is 9.78 Å². The highest BCUT2D eigenvalue weighted by Gasteiger charge is 2.26. The van der Waals surface area contributed by atoms with E-state index in [1.54, 1.807) is 23.6 Å². The van der Waals surface area contributed by atoms with Crippen LogP contribution in [0.5, 0.6) is 0 Å². The van der Waals surface area contributed by atoms with Gasteiger partial charge in [-0.1, -0.05) is 17.7 Å². The number of amides is 2. The predicted molar refractivity (Wildman–Crippen MR) is 113 cm³/mol. The lowest BCUT2D eigenvalue weighted by molar-refractivity contribution is -0.129. The van der Waals surface area contributed by atoms with Crippen LogP contribution in [0.3, 0.4) is 0 Å². The number of piperazine rings is 1. The summed E-state index contributed by atoms with van der Waals surface area (Å²) in [6.45, 7) is 7.53. The van der Waals surface area contributed by atoms with E-state index in [1.807, 2.05) is 31.2 Å². The van der Waals surface area contributed by atoms with E-state index in [0.29, 0.717) is 50.1 Å². The van der Waals surface area contributed by atoms with Gasteiger partial charge in [0, 0.05) is 42.5 Å². The van der Waals surface area contributed by atoms with Gasteiger partial charge >= 0.3 is 6.09 Å². The molecule has 3 rings (SSSR count). The van der Waals surface area contributed by atoms with Crippen molar-refractivity contribution in [3.63, 3.8) is 0 Å². The summed E-state index contributed by atoms with van der Waals surface area (Å²) in [5.41, 5.74) is 2.60. The standard InChI is InChI=1S/C21H27N3O5S/c1-4-28-21(26)24-11-9-23(10-12-24)19(25)14-30(27)13-18-16(3)29-20(22-18)17-7-5-15(2)6-8-17/h5-8H,4,9-14H2,1-3H3/t30-/m0/s1. The maximum atomic E-state index is 12.6. The van der Waals surface area contributed by atoms with Crippen LogP contribution in [0.1, 0.15) is 23.9 Å². The van der Waals surface area contributed by atoms with Crippen molar-refractivity contribution in [1.29, 1.82) is 0 Å². The number of hydrogen-bond acceptors (Lipinski definition) is 6. The van der Waals surface area contributed by atoms with Gasteiger partial charge in [0.2, 0.25) is 11.8 Å². The highest BCUT2D eigenvalue weighted by molar-refractivity contribution is 7.84. The number of hydrogen-bond donors (Lipinski definition) is 0. The van der Waals surface area contributed by atoms with Crippen LogP contribution in [-0.4, -0.2) is 69.5 Å². The molecule has 162 valence electrons. The molecule has 0 N–H and O–H groups in total. The number of ether oxygens (including phenoxy) is 1. The Labute approximate surface area is 178 Å². The Morgan fingerprint density at radius 1 is 1.10 bits per heavy atom. The Kier molecular flexibility index (Phi) is 7.25. The third-order valence-electron chi connectivity index (χ3n) is 4.93. The van der Waals surface area contributed by atoms with Crippen LogP contribution in [0.15, 0.2) is 28.7 Å². The molecule has 0 aliphatic carbocycles. The van der Waals surface area contributed by atoms with Crippen molar-refractivity contribution in [3.05, 3.63) is 41.3 Å². The van der Waals surface area contributed by atoms with Crippen molar-refractivity contribution < 1.29 is 23.0 Å². The molecule has 1 aliphatic rings.